The molecule has 66 valence electrons. The summed E-state index contributed by atoms with van der Waals surface area (Å²) in [6.07, 6.45) is 5.12. The molecule has 0 aromatic heterocycles. The summed E-state index contributed by atoms with van der Waals surface area (Å²) in [6.45, 7) is 0. The molecule has 1 amide bonds. The third-order valence-electron chi connectivity index (χ3n) is 1.46. The average molecular weight is 238 g/mol. The molecule has 0 saturated heterocycles. The molecule has 0 saturated carbocycles. The number of hydrogen-bond acceptors (Lipinski definition) is 1. The highest BCUT2D eigenvalue weighted by Gasteiger charge is 2.09. The summed E-state index contributed by atoms with van der Waals surface area (Å²) in [5.74, 6) is 2.15. The molecular weight excluding hydrogens is 230 g/mol. The standard InChI is InChI=1S/C10H8BrNO/c1-2-6-10(13)12(11)9-7-4-3-5-8-9/h1,3-5,7-8H,6H2. The lowest BCUT2D eigenvalue weighted by Gasteiger charge is -2.12. The number of rotatable bonds is 2. The van der Waals surface area contributed by atoms with Crippen LogP contribution in [-0.2, 0) is 4.79 Å². The van der Waals surface area contributed by atoms with Crippen LogP contribution >= 0.6 is 16.1 Å². The number of halogens is 1. The Hall–Kier alpha value is -1.27. The molecular formula is C10H8BrNO. The second kappa shape index (κ2) is 4.68. The average Bonchev–Trinajstić information content (AvgIpc) is 2.18. The van der Waals surface area contributed by atoms with Gasteiger partial charge in [-0.2, -0.15) is 0 Å². The lowest BCUT2D eigenvalue weighted by molar-refractivity contribution is -0.116. The van der Waals surface area contributed by atoms with Crippen molar-refractivity contribution in [1.82, 2.24) is 0 Å². The summed E-state index contributed by atoms with van der Waals surface area (Å²) in [4.78, 5) is 11.3. The van der Waals surface area contributed by atoms with E-state index in [0.717, 1.165) is 5.69 Å². The maximum atomic E-state index is 11.3. The van der Waals surface area contributed by atoms with Gasteiger partial charge in [-0.1, -0.05) is 24.1 Å². The summed E-state index contributed by atoms with van der Waals surface area (Å²) in [5, 5.41) is 0. The van der Waals surface area contributed by atoms with Crippen molar-refractivity contribution in [1.29, 1.82) is 0 Å². The summed E-state index contributed by atoms with van der Waals surface area (Å²) in [7, 11) is 0. The Morgan fingerprint density at radius 3 is 2.62 bits per heavy atom. The first-order valence-electron chi connectivity index (χ1n) is 3.73. The zero-order chi connectivity index (χ0) is 9.68. The first-order chi connectivity index (χ1) is 6.25. The second-order valence-corrected chi connectivity index (χ2v) is 3.10. The number of carbonyl (C=O) groups excluding carboxylic acids is 1. The highest BCUT2D eigenvalue weighted by Crippen LogP contribution is 2.17. The van der Waals surface area contributed by atoms with Gasteiger partial charge in [0.25, 0.3) is 0 Å². The number of benzene rings is 1. The third kappa shape index (κ3) is 2.60. The molecule has 1 rings (SSSR count). The van der Waals surface area contributed by atoms with E-state index in [4.69, 9.17) is 6.42 Å². The highest BCUT2D eigenvalue weighted by molar-refractivity contribution is 9.10. The van der Waals surface area contributed by atoms with Gasteiger partial charge in [0.2, 0.25) is 5.91 Å². The SMILES string of the molecule is C#CCC(=O)N(Br)c1ccccc1. The first kappa shape index (κ1) is 9.82. The van der Waals surface area contributed by atoms with Crippen LogP contribution in [0.3, 0.4) is 0 Å². The van der Waals surface area contributed by atoms with Crippen LogP contribution in [0.1, 0.15) is 6.42 Å². The molecule has 0 aliphatic rings. The molecule has 1 aromatic carbocycles. The zero-order valence-corrected chi connectivity index (χ0v) is 8.49. The molecule has 3 heteroatoms. The quantitative estimate of drug-likeness (QED) is 0.572. The number of hydrogen-bond donors (Lipinski definition) is 0. The van der Waals surface area contributed by atoms with Gasteiger partial charge in [0.1, 0.15) is 0 Å². The molecule has 0 unspecified atom stereocenters. The molecule has 0 atom stereocenters. The Bertz CT molecular complexity index is 329. The molecule has 0 bridgehead atoms. The lowest BCUT2D eigenvalue weighted by atomic mass is 10.3. The number of terminal acetylenes is 1. The van der Waals surface area contributed by atoms with Crippen LogP contribution in [0.15, 0.2) is 30.3 Å². The van der Waals surface area contributed by atoms with Crippen LogP contribution in [0.25, 0.3) is 0 Å². The van der Waals surface area contributed by atoms with Gasteiger partial charge in [0.15, 0.2) is 0 Å². The van der Waals surface area contributed by atoms with Crippen LogP contribution in [-0.4, -0.2) is 5.91 Å². The van der Waals surface area contributed by atoms with E-state index in [0.29, 0.717) is 0 Å². The van der Waals surface area contributed by atoms with Crippen molar-refractivity contribution >= 4 is 27.7 Å². The topological polar surface area (TPSA) is 20.3 Å². The smallest absolute Gasteiger partial charge is 0.249 e. The van der Waals surface area contributed by atoms with Gasteiger partial charge >= 0.3 is 0 Å². The maximum Gasteiger partial charge on any atom is 0.249 e. The number of nitrogens with zero attached hydrogens (tertiary/aromatic N) is 1. The number of amides is 1. The Morgan fingerprint density at radius 2 is 2.08 bits per heavy atom. The van der Waals surface area contributed by atoms with Gasteiger partial charge in [0, 0.05) is 0 Å². The van der Waals surface area contributed by atoms with Crippen molar-refractivity contribution in [3.05, 3.63) is 30.3 Å². The largest absolute Gasteiger partial charge is 0.272 e. The summed E-state index contributed by atoms with van der Waals surface area (Å²) in [6, 6.07) is 9.24. The molecule has 0 radical (unpaired) electrons. The molecule has 0 aliphatic carbocycles. The van der Waals surface area contributed by atoms with Crippen LogP contribution in [0.2, 0.25) is 0 Å². The highest BCUT2D eigenvalue weighted by atomic mass is 79.9. The Balaban J connectivity index is 2.75. The minimum absolute atomic E-state index is 0.0974. The summed E-state index contributed by atoms with van der Waals surface area (Å²) >= 11 is 3.14. The van der Waals surface area contributed by atoms with Gasteiger partial charge in [-0.05, 0) is 12.1 Å². The fraction of sp³-hybridized carbons (Fsp3) is 0.100. The summed E-state index contributed by atoms with van der Waals surface area (Å²) < 4.78 is 1.37. The molecule has 0 aliphatic heterocycles. The van der Waals surface area contributed by atoms with Crippen LogP contribution in [0, 0.1) is 12.3 Å². The van der Waals surface area contributed by atoms with E-state index < -0.39 is 0 Å². The summed E-state index contributed by atoms with van der Waals surface area (Å²) in [5.41, 5.74) is 0.780. The van der Waals surface area contributed by atoms with E-state index in [9.17, 15) is 4.79 Å². The fourth-order valence-corrected chi connectivity index (χ4v) is 1.22. The minimum Gasteiger partial charge on any atom is -0.272 e. The fourth-order valence-electron chi connectivity index (χ4n) is 0.860. The van der Waals surface area contributed by atoms with Gasteiger partial charge < -0.3 is 0 Å². The lowest BCUT2D eigenvalue weighted by Crippen LogP contribution is -2.18. The van der Waals surface area contributed by atoms with E-state index in [1.165, 1.54) is 3.93 Å². The second-order valence-electron chi connectivity index (χ2n) is 2.39. The predicted octanol–water partition coefficient (Wildman–Crippen LogP) is 2.35. The van der Waals surface area contributed by atoms with Crippen molar-refractivity contribution in [2.24, 2.45) is 0 Å². The van der Waals surface area contributed by atoms with Gasteiger partial charge in [-0.25, -0.2) is 3.93 Å². The van der Waals surface area contributed by atoms with Crippen molar-refractivity contribution in [3.63, 3.8) is 0 Å². The number of carbonyl (C=O) groups is 1. The van der Waals surface area contributed by atoms with Crippen LogP contribution in [0.5, 0.6) is 0 Å². The predicted molar refractivity (Wildman–Crippen MR) is 56.3 cm³/mol. The van der Waals surface area contributed by atoms with E-state index in [2.05, 4.69) is 22.1 Å². The molecule has 0 N–H and O–H groups in total. The Morgan fingerprint density at radius 1 is 1.46 bits per heavy atom. The van der Waals surface area contributed by atoms with Crippen LogP contribution in [0.4, 0.5) is 5.69 Å². The molecule has 0 heterocycles. The molecule has 1 aromatic rings. The monoisotopic (exact) mass is 237 g/mol. The van der Waals surface area contributed by atoms with Gasteiger partial charge in [-0.3, -0.25) is 4.79 Å². The van der Waals surface area contributed by atoms with Crippen molar-refractivity contribution in [2.45, 2.75) is 6.42 Å². The van der Waals surface area contributed by atoms with E-state index >= 15 is 0 Å². The van der Waals surface area contributed by atoms with Gasteiger partial charge in [0.05, 0.1) is 28.3 Å². The first-order valence-corrected chi connectivity index (χ1v) is 4.44. The number of anilines is 1. The molecule has 0 fully saturated rings. The Labute approximate surface area is 85.9 Å². The maximum absolute atomic E-state index is 11.3. The van der Waals surface area contributed by atoms with Crippen LogP contribution < -0.4 is 3.93 Å². The zero-order valence-electron chi connectivity index (χ0n) is 6.90. The van der Waals surface area contributed by atoms with Crippen molar-refractivity contribution < 1.29 is 4.79 Å². The van der Waals surface area contributed by atoms with Crippen molar-refractivity contribution in [2.75, 3.05) is 3.93 Å². The Kier molecular flexibility index (Phi) is 3.53. The third-order valence-corrected chi connectivity index (χ3v) is 2.26. The van der Waals surface area contributed by atoms with Gasteiger partial charge in [-0.15, -0.1) is 6.42 Å². The minimum atomic E-state index is -0.145. The van der Waals surface area contributed by atoms with E-state index in [1.807, 2.05) is 30.3 Å². The molecule has 13 heavy (non-hydrogen) atoms. The van der Waals surface area contributed by atoms with Crippen molar-refractivity contribution in [3.8, 4) is 12.3 Å². The van der Waals surface area contributed by atoms with E-state index in [1.54, 1.807) is 0 Å². The normalized spacial score (nSPS) is 8.92. The number of para-hydroxylation sites is 1. The molecule has 2 nitrogen and oxygen atoms in total. The van der Waals surface area contributed by atoms with E-state index in [-0.39, 0.29) is 12.3 Å². The molecule has 0 spiro atoms.